The Hall–Kier alpha value is -0.880. The summed E-state index contributed by atoms with van der Waals surface area (Å²) in [6.45, 7) is 2.08. The number of hydrogen-bond donors (Lipinski definition) is 2. The summed E-state index contributed by atoms with van der Waals surface area (Å²) in [6.07, 6.45) is 1.21. The van der Waals surface area contributed by atoms with E-state index in [1.165, 1.54) is 6.07 Å². The van der Waals surface area contributed by atoms with Gasteiger partial charge in [-0.3, -0.25) is 0 Å². The highest BCUT2D eigenvalue weighted by Gasteiger charge is 2.23. The maximum atomic E-state index is 13.5. The van der Waals surface area contributed by atoms with Crippen molar-refractivity contribution in [3.63, 3.8) is 0 Å². The normalized spacial score (nSPS) is 20.4. The largest absolute Gasteiger partial charge is 0.388 e. The molecule has 0 amide bonds. The summed E-state index contributed by atoms with van der Waals surface area (Å²) in [4.78, 5) is 2.16. The zero-order valence-electron chi connectivity index (χ0n) is 12.5. The second kappa shape index (κ2) is 7.13. The molecule has 1 aliphatic heterocycles. The van der Waals surface area contributed by atoms with Gasteiger partial charge in [0.25, 0.3) is 0 Å². The van der Waals surface area contributed by atoms with Gasteiger partial charge in [0.05, 0.1) is 6.10 Å². The summed E-state index contributed by atoms with van der Waals surface area (Å²) < 4.78 is 13.5. The van der Waals surface area contributed by atoms with Crippen LogP contribution in [0.2, 0.25) is 0 Å². The van der Waals surface area contributed by atoms with E-state index >= 15 is 0 Å². The summed E-state index contributed by atoms with van der Waals surface area (Å²) >= 11 is 3.36. The third-order valence-electron chi connectivity index (χ3n) is 3.95. The van der Waals surface area contributed by atoms with Gasteiger partial charge in [-0.25, -0.2) is 4.39 Å². The molecule has 2 N–H and O–H groups in total. The van der Waals surface area contributed by atoms with Crippen LogP contribution in [0.25, 0.3) is 0 Å². The highest BCUT2D eigenvalue weighted by Crippen LogP contribution is 2.37. The van der Waals surface area contributed by atoms with Crippen LogP contribution >= 0.6 is 23.1 Å². The van der Waals surface area contributed by atoms with E-state index < -0.39 is 6.10 Å². The van der Waals surface area contributed by atoms with E-state index in [4.69, 9.17) is 0 Å². The van der Waals surface area contributed by atoms with E-state index in [0.717, 1.165) is 27.5 Å². The van der Waals surface area contributed by atoms with Crippen LogP contribution in [-0.2, 0) is 0 Å². The van der Waals surface area contributed by atoms with Crippen molar-refractivity contribution in [1.82, 2.24) is 5.32 Å². The molecule has 3 atom stereocenters. The number of benzene rings is 1. The number of hydrogen-bond acceptors (Lipinski definition) is 4. The Morgan fingerprint density at radius 1 is 1.41 bits per heavy atom. The van der Waals surface area contributed by atoms with Gasteiger partial charge >= 0.3 is 0 Å². The lowest BCUT2D eigenvalue weighted by Gasteiger charge is -2.29. The molecule has 118 valence electrons. The van der Waals surface area contributed by atoms with E-state index in [9.17, 15) is 9.50 Å². The second-order valence-corrected chi connectivity index (χ2v) is 7.82. The van der Waals surface area contributed by atoms with E-state index in [0.29, 0.717) is 6.42 Å². The average Bonchev–Trinajstić information content (AvgIpc) is 3.02. The number of aliphatic hydroxyl groups excluding tert-OH is 1. The van der Waals surface area contributed by atoms with Gasteiger partial charge in [-0.1, -0.05) is 6.07 Å². The van der Waals surface area contributed by atoms with Crippen LogP contribution in [-0.4, -0.2) is 16.9 Å². The van der Waals surface area contributed by atoms with Crippen molar-refractivity contribution in [2.45, 2.75) is 42.8 Å². The van der Waals surface area contributed by atoms with Gasteiger partial charge in [-0.15, -0.1) is 23.1 Å². The van der Waals surface area contributed by atoms with Crippen LogP contribution in [0.4, 0.5) is 4.39 Å². The fourth-order valence-electron chi connectivity index (χ4n) is 2.88. The minimum Gasteiger partial charge on any atom is -0.388 e. The third kappa shape index (κ3) is 3.71. The molecule has 0 fully saturated rings. The topological polar surface area (TPSA) is 32.3 Å². The molecule has 0 aliphatic carbocycles. The van der Waals surface area contributed by atoms with Crippen LogP contribution in [0, 0.1) is 5.82 Å². The number of halogens is 1. The fraction of sp³-hybridized carbons (Fsp3) is 0.412. The molecule has 3 unspecified atom stereocenters. The molecule has 5 heteroatoms. The van der Waals surface area contributed by atoms with E-state index in [2.05, 4.69) is 12.2 Å². The van der Waals surface area contributed by atoms with Crippen molar-refractivity contribution in [3.8, 4) is 0 Å². The van der Waals surface area contributed by atoms with Crippen molar-refractivity contribution < 1.29 is 9.50 Å². The smallest absolute Gasteiger partial charge is 0.123 e. The van der Waals surface area contributed by atoms with Crippen molar-refractivity contribution >= 4 is 23.1 Å². The third-order valence-corrected chi connectivity index (χ3v) is 6.04. The van der Waals surface area contributed by atoms with E-state index in [1.807, 2.05) is 23.6 Å². The Kier molecular flexibility index (Phi) is 5.18. The van der Waals surface area contributed by atoms with Crippen LogP contribution < -0.4 is 5.32 Å². The molecular weight excluding hydrogens is 317 g/mol. The molecule has 1 aliphatic rings. The van der Waals surface area contributed by atoms with Crippen molar-refractivity contribution in [3.05, 3.63) is 52.0 Å². The summed E-state index contributed by atoms with van der Waals surface area (Å²) in [7, 11) is 0. The van der Waals surface area contributed by atoms with Gasteiger partial charge in [0.1, 0.15) is 5.82 Å². The van der Waals surface area contributed by atoms with Gasteiger partial charge in [-0.05, 0) is 60.7 Å². The van der Waals surface area contributed by atoms with Gasteiger partial charge in [-0.2, -0.15) is 0 Å². The lowest BCUT2D eigenvalue weighted by molar-refractivity contribution is 0.154. The molecule has 0 radical (unpaired) electrons. The molecule has 0 spiro atoms. The number of nitrogens with one attached hydrogen (secondary N) is 1. The molecule has 2 nitrogen and oxygen atoms in total. The lowest BCUT2D eigenvalue weighted by Crippen LogP contribution is -2.33. The molecule has 22 heavy (non-hydrogen) atoms. The molecule has 1 aromatic heterocycles. The van der Waals surface area contributed by atoms with Crippen molar-refractivity contribution in [2.75, 3.05) is 5.75 Å². The predicted molar refractivity (Wildman–Crippen MR) is 91.0 cm³/mol. The first-order valence-corrected chi connectivity index (χ1v) is 9.40. The first-order chi connectivity index (χ1) is 10.6. The Morgan fingerprint density at radius 2 is 2.27 bits per heavy atom. The SMILES string of the molecule is CC(CC(O)c1cccs1)NC1CCSc2ccc(F)cc21. The Morgan fingerprint density at radius 3 is 3.05 bits per heavy atom. The van der Waals surface area contributed by atoms with Crippen LogP contribution in [0.15, 0.2) is 40.6 Å². The summed E-state index contributed by atoms with van der Waals surface area (Å²) in [5.74, 6) is 0.857. The summed E-state index contributed by atoms with van der Waals surface area (Å²) in [6, 6.07) is 9.29. The number of thiophene rings is 1. The van der Waals surface area contributed by atoms with Gasteiger partial charge in [0, 0.05) is 21.9 Å². The van der Waals surface area contributed by atoms with Gasteiger partial charge in [0.15, 0.2) is 0 Å². The maximum absolute atomic E-state index is 13.5. The molecule has 0 bridgehead atoms. The van der Waals surface area contributed by atoms with Gasteiger partial charge in [0.2, 0.25) is 0 Å². The second-order valence-electron chi connectivity index (χ2n) is 5.71. The summed E-state index contributed by atoms with van der Waals surface area (Å²) in [5.41, 5.74) is 1.05. The van der Waals surface area contributed by atoms with Crippen molar-refractivity contribution in [2.24, 2.45) is 0 Å². The summed E-state index contributed by atoms with van der Waals surface area (Å²) in [5, 5.41) is 15.8. The molecule has 3 rings (SSSR count). The van der Waals surface area contributed by atoms with Crippen LogP contribution in [0.1, 0.15) is 42.4 Å². The maximum Gasteiger partial charge on any atom is 0.123 e. The standard InChI is InChI=1S/C17H20FNOS2/c1-11(9-15(20)17-3-2-7-21-17)19-14-6-8-22-16-5-4-12(18)10-13(14)16/h2-5,7,10-11,14-15,19-20H,6,8-9H2,1H3. The molecular formula is C17H20FNOS2. The molecule has 0 saturated carbocycles. The quantitative estimate of drug-likeness (QED) is 0.841. The number of aliphatic hydroxyl groups is 1. The zero-order valence-corrected chi connectivity index (χ0v) is 14.1. The van der Waals surface area contributed by atoms with E-state index in [-0.39, 0.29) is 17.9 Å². The molecule has 0 saturated heterocycles. The molecule has 1 aromatic carbocycles. The predicted octanol–water partition coefficient (Wildman–Crippen LogP) is 4.53. The minimum atomic E-state index is -0.438. The highest BCUT2D eigenvalue weighted by molar-refractivity contribution is 7.99. The molecule has 2 heterocycles. The lowest BCUT2D eigenvalue weighted by atomic mass is 10.0. The highest BCUT2D eigenvalue weighted by atomic mass is 32.2. The van der Waals surface area contributed by atoms with Gasteiger partial charge < -0.3 is 10.4 Å². The first-order valence-electron chi connectivity index (χ1n) is 7.53. The Balaban J connectivity index is 1.65. The zero-order chi connectivity index (χ0) is 15.5. The fourth-order valence-corrected chi connectivity index (χ4v) is 4.71. The average molecular weight is 337 g/mol. The molecule has 2 aromatic rings. The number of thioether (sulfide) groups is 1. The van der Waals surface area contributed by atoms with Crippen molar-refractivity contribution in [1.29, 1.82) is 0 Å². The number of fused-ring (bicyclic) bond motifs is 1. The minimum absolute atomic E-state index is 0.164. The monoisotopic (exact) mass is 337 g/mol. The van der Waals surface area contributed by atoms with Crippen LogP contribution in [0.5, 0.6) is 0 Å². The Labute approximate surface area is 138 Å². The van der Waals surface area contributed by atoms with E-state index in [1.54, 1.807) is 29.2 Å². The van der Waals surface area contributed by atoms with Crippen LogP contribution in [0.3, 0.4) is 0 Å². The Bertz CT molecular complexity index is 617. The number of rotatable bonds is 5. The first kappa shape index (κ1) is 16.0.